The highest BCUT2D eigenvalue weighted by molar-refractivity contribution is 5.72. The highest BCUT2D eigenvalue weighted by atomic mass is 16.5. The van der Waals surface area contributed by atoms with Crippen LogP contribution in [0.1, 0.15) is 142 Å². The molecule has 0 heterocycles. The maximum Gasteiger partial charge on any atom is 0.308 e. The van der Waals surface area contributed by atoms with Gasteiger partial charge in [0.2, 0.25) is 0 Å². The van der Waals surface area contributed by atoms with Gasteiger partial charge in [0.1, 0.15) is 0 Å². The van der Waals surface area contributed by atoms with Crippen LogP contribution in [-0.2, 0) is 14.3 Å². The first-order valence-electron chi connectivity index (χ1n) is 15.7. The number of nitrogens with zero attached hydrogens (tertiary/aromatic N) is 1. The number of carbonyl (C=O) groups excluding carboxylic acids is 1. The Hall–Kier alpha value is -0.650. The van der Waals surface area contributed by atoms with Crippen molar-refractivity contribution in [3.05, 3.63) is 0 Å². The number of hydrogen-bond acceptors (Lipinski definition) is 5. The van der Waals surface area contributed by atoms with Gasteiger partial charge in [0.25, 0.3) is 0 Å². The lowest BCUT2D eigenvalue weighted by atomic mass is 9.94. The molecular formula is C31H63NO4. The second kappa shape index (κ2) is 28.9. The van der Waals surface area contributed by atoms with Gasteiger partial charge in [-0.15, -0.1) is 0 Å². The standard InChI is InChI=1S/C31H63NO4/c1-4-6-8-10-11-17-23-30(22-16-9-7-5-2)31(34)36-29-21-15-13-19-25-32(26-27-33)24-18-12-14-20-28-35-3/h30,33H,4-29H2,1-3H3. The first-order chi connectivity index (χ1) is 17.7. The van der Waals surface area contributed by atoms with E-state index >= 15 is 0 Å². The Morgan fingerprint density at radius 1 is 0.639 bits per heavy atom. The summed E-state index contributed by atoms with van der Waals surface area (Å²) in [5.74, 6) is 0.161. The topological polar surface area (TPSA) is 59.0 Å². The van der Waals surface area contributed by atoms with Crippen molar-refractivity contribution in [1.82, 2.24) is 4.90 Å². The highest BCUT2D eigenvalue weighted by Gasteiger charge is 2.19. The molecule has 1 atom stereocenters. The van der Waals surface area contributed by atoms with Crippen molar-refractivity contribution in [3.63, 3.8) is 0 Å². The average molecular weight is 514 g/mol. The van der Waals surface area contributed by atoms with Crippen LogP contribution in [0.3, 0.4) is 0 Å². The number of aliphatic hydroxyl groups excluding tert-OH is 1. The Balaban J connectivity index is 4.02. The molecule has 0 fully saturated rings. The van der Waals surface area contributed by atoms with Crippen LogP contribution in [0.2, 0.25) is 0 Å². The van der Waals surface area contributed by atoms with Gasteiger partial charge in [-0.25, -0.2) is 0 Å². The molecule has 0 rings (SSSR count). The minimum Gasteiger partial charge on any atom is -0.465 e. The fourth-order valence-corrected chi connectivity index (χ4v) is 4.86. The Kier molecular flexibility index (Phi) is 28.4. The van der Waals surface area contributed by atoms with E-state index in [1.165, 1.54) is 70.6 Å². The van der Waals surface area contributed by atoms with Crippen molar-refractivity contribution in [2.45, 2.75) is 142 Å². The molecule has 0 aromatic carbocycles. The summed E-state index contributed by atoms with van der Waals surface area (Å²) in [6.45, 7) is 9.04. The minimum absolute atomic E-state index is 0.0553. The summed E-state index contributed by atoms with van der Waals surface area (Å²) in [4.78, 5) is 15.1. The van der Waals surface area contributed by atoms with Crippen LogP contribution in [0.5, 0.6) is 0 Å². The number of rotatable bonds is 29. The fraction of sp³-hybridized carbons (Fsp3) is 0.968. The van der Waals surface area contributed by atoms with Crippen LogP contribution in [0, 0.1) is 5.92 Å². The molecule has 0 radical (unpaired) electrons. The fourth-order valence-electron chi connectivity index (χ4n) is 4.86. The van der Waals surface area contributed by atoms with Crippen LogP contribution >= 0.6 is 0 Å². The van der Waals surface area contributed by atoms with E-state index in [4.69, 9.17) is 9.47 Å². The Labute approximate surface area is 225 Å². The van der Waals surface area contributed by atoms with Crippen molar-refractivity contribution >= 4 is 5.97 Å². The van der Waals surface area contributed by atoms with Gasteiger partial charge in [-0.1, -0.05) is 104 Å². The number of methoxy groups -OCH3 is 1. The van der Waals surface area contributed by atoms with E-state index in [0.717, 1.165) is 84.0 Å². The minimum atomic E-state index is 0.0553. The molecule has 5 nitrogen and oxygen atoms in total. The maximum atomic E-state index is 12.7. The molecule has 0 aromatic heterocycles. The Bertz CT molecular complexity index is 446. The number of carbonyl (C=O) groups is 1. The molecule has 0 aliphatic carbocycles. The first kappa shape index (κ1) is 35.4. The van der Waals surface area contributed by atoms with Gasteiger partial charge in [0.05, 0.1) is 19.1 Å². The van der Waals surface area contributed by atoms with Crippen LogP contribution in [0.4, 0.5) is 0 Å². The SMILES string of the molecule is CCCCCCCCC(CCCCCC)C(=O)OCCCCCCN(CCO)CCCCCCOC. The van der Waals surface area contributed by atoms with E-state index in [1.807, 2.05) is 0 Å². The molecule has 1 N–H and O–H groups in total. The van der Waals surface area contributed by atoms with Gasteiger partial charge in [0, 0.05) is 20.3 Å². The van der Waals surface area contributed by atoms with Gasteiger partial charge in [-0.3, -0.25) is 4.79 Å². The van der Waals surface area contributed by atoms with Crippen LogP contribution in [0.25, 0.3) is 0 Å². The van der Waals surface area contributed by atoms with Crippen LogP contribution in [-0.4, -0.2) is 62.5 Å². The molecule has 0 spiro atoms. The summed E-state index contributed by atoms with van der Waals surface area (Å²) in [6, 6.07) is 0. The van der Waals surface area contributed by atoms with E-state index in [1.54, 1.807) is 7.11 Å². The number of hydrogen-bond donors (Lipinski definition) is 1. The maximum absolute atomic E-state index is 12.7. The molecule has 216 valence electrons. The molecular weight excluding hydrogens is 450 g/mol. The predicted molar refractivity (Wildman–Crippen MR) is 154 cm³/mol. The van der Waals surface area contributed by atoms with E-state index < -0.39 is 0 Å². The van der Waals surface area contributed by atoms with Crippen molar-refractivity contribution in [1.29, 1.82) is 0 Å². The van der Waals surface area contributed by atoms with Gasteiger partial charge in [0.15, 0.2) is 0 Å². The summed E-state index contributed by atoms with van der Waals surface area (Å²) in [5.41, 5.74) is 0. The molecule has 1 unspecified atom stereocenters. The third-order valence-electron chi connectivity index (χ3n) is 7.25. The quantitative estimate of drug-likeness (QED) is 0.0813. The highest BCUT2D eigenvalue weighted by Crippen LogP contribution is 2.20. The number of ether oxygens (including phenoxy) is 2. The molecule has 0 saturated carbocycles. The summed E-state index contributed by atoms with van der Waals surface area (Å²) in [6.07, 6.45) is 23.7. The summed E-state index contributed by atoms with van der Waals surface area (Å²) < 4.78 is 10.8. The Morgan fingerprint density at radius 2 is 1.11 bits per heavy atom. The second-order valence-electron chi connectivity index (χ2n) is 10.7. The molecule has 0 saturated heterocycles. The summed E-state index contributed by atoms with van der Waals surface area (Å²) in [5, 5.41) is 9.36. The molecule has 0 aromatic rings. The van der Waals surface area contributed by atoms with Crippen molar-refractivity contribution < 1.29 is 19.4 Å². The van der Waals surface area contributed by atoms with Crippen molar-refractivity contribution in [2.75, 3.05) is 46.6 Å². The number of unbranched alkanes of at least 4 members (excludes halogenated alkanes) is 14. The van der Waals surface area contributed by atoms with Crippen molar-refractivity contribution in [2.24, 2.45) is 5.92 Å². The lowest BCUT2D eigenvalue weighted by Crippen LogP contribution is -2.29. The van der Waals surface area contributed by atoms with Crippen LogP contribution in [0.15, 0.2) is 0 Å². The van der Waals surface area contributed by atoms with Gasteiger partial charge in [-0.05, 0) is 51.6 Å². The van der Waals surface area contributed by atoms with E-state index in [2.05, 4.69) is 18.7 Å². The van der Waals surface area contributed by atoms with E-state index in [9.17, 15) is 9.90 Å². The van der Waals surface area contributed by atoms with E-state index in [-0.39, 0.29) is 18.5 Å². The molecule has 36 heavy (non-hydrogen) atoms. The van der Waals surface area contributed by atoms with E-state index in [0.29, 0.717) is 6.61 Å². The molecule has 0 amide bonds. The largest absolute Gasteiger partial charge is 0.465 e. The normalized spacial score (nSPS) is 12.4. The van der Waals surface area contributed by atoms with Gasteiger partial charge in [-0.2, -0.15) is 0 Å². The number of esters is 1. The zero-order valence-corrected chi connectivity index (χ0v) is 24.6. The van der Waals surface area contributed by atoms with Crippen LogP contribution < -0.4 is 0 Å². The second-order valence-corrected chi connectivity index (χ2v) is 10.7. The lowest BCUT2D eigenvalue weighted by molar-refractivity contribution is -0.149. The molecule has 0 aliphatic rings. The number of aliphatic hydroxyl groups is 1. The lowest BCUT2D eigenvalue weighted by Gasteiger charge is -2.21. The third-order valence-corrected chi connectivity index (χ3v) is 7.25. The zero-order chi connectivity index (χ0) is 26.5. The monoisotopic (exact) mass is 513 g/mol. The smallest absolute Gasteiger partial charge is 0.308 e. The third kappa shape index (κ3) is 23.7. The summed E-state index contributed by atoms with van der Waals surface area (Å²) in [7, 11) is 1.76. The average Bonchev–Trinajstić information content (AvgIpc) is 2.88. The zero-order valence-electron chi connectivity index (χ0n) is 24.6. The first-order valence-corrected chi connectivity index (χ1v) is 15.7. The van der Waals surface area contributed by atoms with Gasteiger partial charge < -0.3 is 19.5 Å². The van der Waals surface area contributed by atoms with Gasteiger partial charge >= 0.3 is 5.97 Å². The predicted octanol–water partition coefficient (Wildman–Crippen LogP) is 7.93. The van der Waals surface area contributed by atoms with Crippen molar-refractivity contribution in [3.8, 4) is 0 Å². The molecule has 0 bridgehead atoms. The Morgan fingerprint density at radius 3 is 1.67 bits per heavy atom. The molecule has 5 heteroatoms. The summed E-state index contributed by atoms with van der Waals surface area (Å²) >= 11 is 0. The molecule has 0 aliphatic heterocycles.